The van der Waals surface area contributed by atoms with E-state index in [1.165, 1.54) is 19.3 Å². The van der Waals surface area contributed by atoms with Crippen molar-refractivity contribution in [3.8, 4) is 0 Å². The van der Waals surface area contributed by atoms with Gasteiger partial charge in [0.15, 0.2) is 0 Å². The van der Waals surface area contributed by atoms with Crippen LogP contribution in [0.4, 0.5) is 0 Å². The first-order chi connectivity index (χ1) is 8.69. The summed E-state index contributed by atoms with van der Waals surface area (Å²) in [4.78, 5) is 0. The minimum Gasteiger partial charge on any atom is -0.378 e. The fourth-order valence-electron chi connectivity index (χ4n) is 2.62. The van der Waals surface area contributed by atoms with Crippen LogP contribution < -0.4 is 0 Å². The highest BCUT2D eigenvalue weighted by molar-refractivity contribution is 6.60. The average molecular weight is 276 g/mol. The van der Waals surface area contributed by atoms with E-state index < -0.39 is 8.80 Å². The van der Waals surface area contributed by atoms with Gasteiger partial charge in [-0.05, 0) is 32.1 Å². The summed E-state index contributed by atoms with van der Waals surface area (Å²) in [5.41, 5.74) is 0. The van der Waals surface area contributed by atoms with E-state index >= 15 is 0 Å². The lowest BCUT2D eigenvalue weighted by Crippen LogP contribution is -2.44. The topological polar surface area (TPSA) is 36.9 Å². The van der Waals surface area contributed by atoms with Crippen molar-refractivity contribution in [3.63, 3.8) is 0 Å². The Morgan fingerprint density at radius 2 is 1.83 bits per heavy atom. The number of ether oxygens (including phenoxy) is 1. The van der Waals surface area contributed by atoms with E-state index in [2.05, 4.69) is 13.8 Å². The highest BCUT2D eigenvalue weighted by atomic mass is 28.4. The van der Waals surface area contributed by atoms with Gasteiger partial charge in [0.05, 0.1) is 6.10 Å². The molecule has 0 N–H and O–H groups in total. The van der Waals surface area contributed by atoms with E-state index in [-0.39, 0.29) is 0 Å². The van der Waals surface area contributed by atoms with Crippen LogP contribution in [-0.2, 0) is 18.0 Å². The molecular weight excluding hydrogens is 248 g/mol. The molecule has 0 aromatic carbocycles. The Morgan fingerprint density at radius 3 is 2.39 bits per heavy atom. The summed E-state index contributed by atoms with van der Waals surface area (Å²) >= 11 is 0. The fraction of sp³-hybridized carbons (Fsp3) is 1.00. The second-order valence-corrected chi connectivity index (χ2v) is 8.04. The van der Waals surface area contributed by atoms with Gasteiger partial charge in [0, 0.05) is 33.5 Å². The maximum atomic E-state index is 5.98. The molecule has 0 aliphatic heterocycles. The van der Waals surface area contributed by atoms with Gasteiger partial charge < -0.3 is 18.0 Å². The maximum absolute atomic E-state index is 5.98. The second kappa shape index (κ2) is 8.27. The Kier molecular flexibility index (Phi) is 7.40. The average Bonchev–Trinajstić information content (AvgIpc) is 2.42. The molecule has 0 saturated heterocycles. The summed E-state index contributed by atoms with van der Waals surface area (Å²) in [5, 5.41) is 0. The van der Waals surface area contributed by atoms with Crippen LogP contribution in [0.2, 0.25) is 6.04 Å². The van der Waals surface area contributed by atoms with Crippen LogP contribution in [0.3, 0.4) is 0 Å². The molecule has 0 aromatic rings. The first-order valence-electron chi connectivity index (χ1n) is 7.05. The van der Waals surface area contributed by atoms with Crippen molar-refractivity contribution < 1.29 is 18.0 Å². The highest BCUT2D eigenvalue weighted by Crippen LogP contribution is 2.28. The molecule has 5 heteroatoms. The lowest BCUT2D eigenvalue weighted by Gasteiger charge is -2.32. The predicted octanol–water partition coefficient (Wildman–Crippen LogP) is 2.85. The number of rotatable bonds is 8. The molecule has 108 valence electrons. The van der Waals surface area contributed by atoms with Crippen LogP contribution in [0, 0.1) is 5.92 Å². The van der Waals surface area contributed by atoms with Crippen LogP contribution >= 0.6 is 0 Å². The zero-order chi connectivity index (χ0) is 13.4. The standard InChI is InChI=1S/C13H28O4Si/c1-5-16-13-9-7-8-12(10-13)11-17-18(6-2,14-3)15-4/h12-13H,5-11H2,1-4H3. The highest BCUT2D eigenvalue weighted by Gasteiger charge is 2.37. The van der Waals surface area contributed by atoms with Gasteiger partial charge in [0.1, 0.15) is 0 Å². The van der Waals surface area contributed by atoms with E-state index in [4.69, 9.17) is 18.0 Å². The summed E-state index contributed by atoms with van der Waals surface area (Å²) in [6.07, 6.45) is 5.18. The Balaban J connectivity index is 2.37. The van der Waals surface area contributed by atoms with E-state index in [0.717, 1.165) is 25.7 Å². The molecule has 1 aliphatic carbocycles. The largest absolute Gasteiger partial charge is 0.500 e. The third-order valence-electron chi connectivity index (χ3n) is 3.73. The molecule has 2 unspecified atom stereocenters. The van der Waals surface area contributed by atoms with Gasteiger partial charge in [0.2, 0.25) is 0 Å². The summed E-state index contributed by atoms with van der Waals surface area (Å²) in [7, 11) is 0.985. The van der Waals surface area contributed by atoms with Crippen molar-refractivity contribution in [3.05, 3.63) is 0 Å². The molecular formula is C13H28O4Si. The Labute approximate surface area is 112 Å². The molecule has 1 saturated carbocycles. The first kappa shape index (κ1) is 16.1. The summed E-state index contributed by atoms with van der Waals surface area (Å²) in [6, 6.07) is 0.821. The first-order valence-corrected chi connectivity index (χ1v) is 8.98. The predicted molar refractivity (Wildman–Crippen MR) is 73.6 cm³/mol. The molecule has 0 spiro atoms. The van der Waals surface area contributed by atoms with Crippen molar-refractivity contribution in [2.24, 2.45) is 5.92 Å². The third-order valence-corrected chi connectivity index (χ3v) is 6.45. The minimum absolute atomic E-state index is 0.417. The fourth-order valence-corrected chi connectivity index (χ4v) is 4.29. The van der Waals surface area contributed by atoms with E-state index in [9.17, 15) is 0 Å². The van der Waals surface area contributed by atoms with Crippen LogP contribution in [0.25, 0.3) is 0 Å². The summed E-state index contributed by atoms with van der Waals surface area (Å²) in [5.74, 6) is 0.582. The smallest absolute Gasteiger partial charge is 0.378 e. The zero-order valence-corrected chi connectivity index (χ0v) is 13.2. The molecule has 1 aliphatic rings. The van der Waals surface area contributed by atoms with E-state index in [1.807, 2.05) is 0 Å². The molecule has 0 radical (unpaired) electrons. The molecule has 0 amide bonds. The quantitative estimate of drug-likeness (QED) is 0.639. The molecule has 1 fully saturated rings. The van der Waals surface area contributed by atoms with Gasteiger partial charge in [-0.1, -0.05) is 13.3 Å². The van der Waals surface area contributed by atoms with Gasteiger partial charge in [-0.15, -0.1) is 0 Å². The minimum atomic E-state index is -2.38. The van der Waals surface area contributed by atoms with Crippen LogP contribution in [0.15, 0.2) is 0 Å². The monoisotopic (exact) mass is 276 g/mol. The van der Waals surface area contributed by atoms with Gasteiger partial charge in [0.25, 0.3) is 0 Å². The normalized spacial score (nSPS) is 25.3. The van der Waals surface area contributed by atoms with Crippen molar-refractivity contribution in [1.82, 2.24) is 0 Å². The summed E-state index contributed by atoms with van der Waals surface area (Å²) < 4.78 is 22.6. The van der Waals surface area contributed by atoms with Gasteiger partial charge in [-0.25, -0.2) is 0 Å². The lowest BCUT2D eigenvalue weighted by molar-refractivity contribution is 0.00247. The van der Waals surface area contributed by atoms with Gasteiger partial charge >= 0.3 is 8.80 Å². The van der Waals surface area contributed by atoms with Crippen LogP contribution in [0.5, 0.6) is 0 Å². The molecule has 0 aromatic heterocycles. The van der Waals surface area contributed by atoms with E-state index in [0.29, 0.717) is 12.0 Å². The Bertz CT molecular complexity index is 211. The third kappa shape index (κ3) is 4.62. The molecule has 18 heavy (non-hydrogen) atoms. The van der Waals surface area contributed by atoms with Gasteiger partial charge in [-0.2, -0.15) is 0 Å². The Morgan fingerprint density at radius 1 is 1.11 bits per heavy atom. The van der Waals surface area contributed by atoms with E-state index in [1.54, 1.807) is 14.2 Å². The van der Waals surface area contributed by atoms with Crippen LogP contribution in [0.1, 0.15) is 39.5 Å². The van der Waals surface area contributed by atoms with Crippen molar-refractivity contribution in [1.29, 1.82) is 0 Å². The molecule has 0 bridgehead atoms. The lowest BCUT2D eigenvalue weighted by atomic mass is 9.88. The SMILES string of the molecule is CCOC1CCCC(CO[Si](CC)(OC)OC)C1. The van der Waals surface area contributed by atoms with Crippen LogP contribution in [-0.4, -0.2) is 42.3 Å². The molecule has 4 nitrogen and oxygen atoms in total. The van der Waals surface area contributed by atoms with Gasteiger partial charge in [-0.3, -0.25) is 0 Å². The molecule has 1 rings (SSSR count). The van der Waals surface area contributed by atoms with Crippen molar-refractivity contribution >= 4 is 8.80 Å². The molecule has 2 atom stereocenters. The second-order valence-electron chi connectivity index (χ2n) is 4.87. The zero-order valence-electron chi connectivity index (χ0n) is 12.2. The number of hydrogen-bond donors (Lipinski definition) is 0. The Hall–Kier alpha value is 0.0569. The number of hydrogen-bond acceptors (Lipinski definition) is 4. The molecule has 0 heterocycles. The van der Waals surface area contributed by atoms with Crippen molar-refractivity contribution in [2.75, 3.05) is 27.4 Å². The summed E-state index contributed by atoms with van der Waals surface area (Å²) in [6.45, 7) is 5.67. The van der Waals surface area contributed by atoms with Crippen molar-refractivity contribution in [2.45, 2.75) is 51.7 Å². The maximum Gasteiger partial charge on any atom is 0.500 e.